The molecule has 0 spiro atoms. The van der Waals surface area contributed by atoms with Crippen LogP contribution in [-0.2, 0) is 6.42 Å². The van der Waals surface area contributed by atoms with Crippen LogP contribution in [0.2, 0.25) is 0 Å². The molecular weight excluding hydrogens is 271 g/mol. The van der Waals surface area contributed by atoms with Crippen LogP contribution >= 0.6 is 0 Å². The van der Waals surface area contributed by atoms with Gasteiger partial charge in [-0.1, -0.05) is 19.1 Å². The molecule has 0 unspecified atom stereocenters. The average Bonchev–Trinajstić information content (AvgIpc) is 2.85. The zero-order chi connectivity index (χ0) is 15.0. The summed E-state index contributed by atoms with van der Waals surface area (Å²) in [6.07, 6.45) is 0.615. The third-order valence-corrected chi connectivity index (χ3v) is 3.37. The fourth-order valence-electron chi connectivity index (χ4n) is 2.46. The quantitative estimate of drug-likeness (QED) is 0.801. The van der Waals surface area contributed by atoms with Gasteiger partial charge < -0.3 is 5.11 Å². The largest absolute Gasteiger partial charge is 0.478 e. The molecular formula is C16H13FN2O2. The lowest BCUT2D eigenvalue weighted by atomic mass is 10.2. The molecule has 0 saturated heterocycles. The number of aromatic carboxylic acids is 1. The summed E-state index contributed by atoms with van der Waals surface area (Å²) < 4.78 is 15.3. The summed E-state index contributed by atoms with van der Waals surface area (Å²) in [5.41, 5.74) is 1.87. The highest BCUT2D eigenvalue weighted by atomic mass is 19.1. The van der Waals surface area contributed by atoms with Crippen LogP contribution in [0.1, 0.15) is 23.1 Å². The van der Waals surface area contributed by atoms with Crippen molar-refractivity contribution in [2.75, 3.05) is 0 Å². The molecule has 21 heavy (non-hydrogen) atoms. The Morgan fingerprint density at radius 3 is 2.71 bits per heavy atom. The number of hydrogen-bond donors (Lipinski definition) is 1. The lowest BCUT2D eigenvalue weighted by molar-refractivity contribution is 0.0699. The molecule has 0 aliphatic rings. The topological polar surface area (TPSA) is 55.1 Å². The molecule has 0 atom stereocenters. The number of rotatable bonds is 3. The van der Waals surface area contributed by atoms with Crippen LogP contribution in [0.25, 0.3) is 16.7 Å². The van der Waals surface area contributed by atoms with Gasteiger partial charge in [-0.3, -0.25) is 4.57 Å². The first-order chi connectivity index (χ1) is 10.1. The first-order valence-electron chi connectivity index (χ1n) is 6.61. The fourth-order valence-corrected chi connectivity index (χ4v) is 2.46. The lowest BCUT2D eigenvalue weighted by Gasteiger charge is -2.08. The normalized spacial score (nSPS) is 11.0. The highest BCUT2D eigenvalue weighted by Gasteiger charge is 2.17. The van der Waals surface area contributed by atoms with E-state index in [1.807, 2.05) is 6.92 Å². The molecule has 0 bridgehead atoms. The van der Waals surface area contributed by atoms with E-state index < -0.39 is 5.97 Å². The molecule has 3 rings (SSSR count). The van der Waals surface area contributed by atoms with Gasteiger partial charge in [0.05, 0.1) is 16.8 Å². The van der Waals surface area contributed by atoms with Crippen LogP contribution < -0.4 is 0 Å². The first kappa shape index (κ1) is 13.3. The Labute approximate surface area is 120 Å². The molecule has 0 aliphatic heterocycles. The number of imidazole rings is 1. The van der Waals surface area contributed by atoms with E-state index in [1.165, 1.54) is 18.2 Å². The SMILES string of the molecule is CCc1nc2c(C(=O)O)cccc2n1-c1cccc(F)c1. The zero-order valence-corrected chi connectivity index (χ0v) is 11.4. The molecule has 2 aromatic carbocycles. The van der Waals surface area contributed by atoms with Crippen molar-refractivity contribution in [3.8, 4) is 5.69 Å². The Kier molecular flexibility index (Phi) is 3.17. The summed E-state index contributed by atoms with van der Waals surface area (Å²) in [7, 11) is 0. The lowest BCUT2D eigenvalue weighted by Crippen LogP contribution is -2.00. The van der Waals surface area contributed by atoms with Gasteiger partial charge in [-0.25, -0.2) is 14.2 Å². The number of aryl methyl sites for hydroxylation is 1. The third-order valence-electron chi connectivity index (χ3n) is 3.37. The minimum atomic E-state index is -1.02. The van der Waals surface area contributed by atoms with Gasteiger partial charge in [-0.15, -0.1) is 0 Å². The number of aromatic nitrogens is 2. The molecule has 1 aromatic heterocycles. The number of halogens is 1. The van der Waals surface area contributed by atoms with E-state index in [2.05, 4.69) is 4.98 Å². The van der Waals surface area contributed by atoms with E-state index in [4.69, 9.17) is 0 Å². The van der Waals surface area contributed by atoms with Crippen molar-refractivity contribution in [2.24, 2.45) is 0 Å². The maximum atomic E-state index is 13.5. The predicted molar refractivity (Wildman–Crippen MR) is 77.4 cm³/mol. The molecule has 0 fully saturated rings. The molecule has 5 heteroatoms. The molecule has 4 nitrogen and oxygen atoms in total. The van der Waals surface area contributed by atoms with E-state index >= 15 is 0 Å². The summed E-state index contributed by atoms with van der Waals surface area (Å²) in [5.74, 6) is -0.665. The Hall–Kier alpha value is -2.69. The molecule has 0 radical (unpaired) electrons. The molecule has 0 saturated carbocycles. The van der Waals surface area contributed by atoms with Crippen molar-refractivity contribution in [1.29, 1.82) is 0 Å². The van der Waals surface area contributed by atoms with Crippen molar-refractivity contribution < 1.29 is 14.3 Å². The highest BCUT2D eigenvalue weighted by Crippen LogP contribution is 2.25. The number of carboxylic acid groups (broad SMARTS) is 1. The van der Waals surface area contributed by atoms with E-state index in [-0.39, 0.29) is 11.4 Å². The second-order valence-corrected chi connectivity index (χ2v) is 4.68. The van der Waals surface area contributed by atoms with Crippen molar-refractivity contribution in [2.45, 2.75) is 13.3 Å². The van der Waals surface area contributed by atoms with Gasteiger partial charge in [-0.05, 0) is 30.3 Å². The van der Waals surface area contributed by atoms with Gasteiger partial charge in [-0.2, -0.15) is 0 Å². The van der Waals surface area contributed by atoms with Gasteiger partial charge in [0.2, 0.25) is 0 Å². The van der Waals surface area contributed by atoms with Crippen LogP contribution in [0, 0.1) is 5.82 Å². The van der Waals surface area contributed by atoms with Gasteiger partial charge in [0.1, 0.15) is 17.2 Å². The third kappa shape index (κ3) is 2.16. The summed E-state index contributed by atoms with van der Waals surface area (Å²) in [5, 5.41) is 9.26. The maximum Gasteiger partial charge on any atom is 0.337 e. The van der Waals surface area contributed by atoms with Crippen LogP contribution in [0.15, 0.2) is 42.5 Å². The van der Waals surface area contributed by atoms with Crippen LogP contribution in [0.5, 0.6) is 0 Å². The van der Waals surface area contributed by atoms with E-state index in [1.54, 1.807) is 28.8 Å². The second-order valence-electron chi connectivity index (χ2n) is 4.68. The van der Waals surface area contributed by atoms with E-state index in [9.17, 15) is 14.3 Å². The van der Waals surface area contributed by atoms with Gasteiger partial charge in [0.15, 0.2) is 0 Å². The number of carbonyl (C=O) groups is 1. The fraction of sp³-hybridized carbons (Fsp3) is 0.125. The molecule has 1 N–H and O–H groups in total. The smallest absolute Gasteiger partial charge is 0.337 e. The van der Waals surface area contributed by atoms with E-state index in [0.29, 0.717) is 29.0 Å². The first-order valence-corrected chi connectivity index (χ1v) is 6.61. The summed E-state index contributed by atoms with van der Waals surface area (Å²) in [4.78, 5) is 15.7. The predicted octanol–water partition coefficient (Wildman–Crippen LogP) is 3.43. The minimum Gasteiger partial charge on any atom is -0.478 e. The van der Waals surface area contributed by atoms with Crippen LogP contribution in [-0.4, -0.2) is 20.6 Å². The molecule has 106 valence electrons. The zero-order valence-electron chi connectivity index (χ0n) is 11.4. The maximum absolute atomic E-state index is 13.5. The Morgan fingerprint density at radius 2 is 2.05 bits per heavy atom. The highest BCUT2D eigenvalue weighted by molar-refractivity contribution is 6.01. The molecule has 1 heterocycles. The Morgan fingerprint density at radius 1 is 1.29 bits per heavy atom. The molecule has 0 aliphatic carbocycles. The monoisotopic (exact) mass is 284 g/mol. The Balaban J connectivity index is 2.36. The molecule has 3 aromatic rings. The van der Waals surface area contributed by atoms with Gasteiger partial charge in [0.25, 0.3) is 0 Å². The standard InChI is InChI=1S/C16H13FN2O2/c1-2-14-18-15-12(16(20)21)7-4-8-13(15)19(14)11-6-3-5-10(17)9-11/h3-9H,2H2,1H3,(H,20,21). The van der Waals surface area contributed by atoms with Crippen LogP contribution in [0.3, 0.4) is 0 Å². The van der Waals surface area contributed by atoms with Crippen molar-refractivity contribution in [3.63, 3.8) is 0 Å². The van der Waals surface area contributed by atoms with Gasteiger partial charge in [0, 0.05) is 6.42 Å². The van der Waals surface area contributed by atoms with Crippen LogP contribution in [0.4, 0.5) is 4.39 Å². The van der Waals surface area contributed by atoms with Crippen molar-refractivity contribution in [3.05, 3.63) is 59.7 Å². The molecule has 0 amide bonds. The number of benzene rings is 2. The Bertz CT molecular complexity index is 839. The number of para-hydroxylation sites is 1. The number of carboxylic acids is 1. The summed E-state index contributed by atoms with van der Waals surface area (Å²) in [6.45, 7) is 1.93. The second kappa shape index (κ2) is 5.01. The van der Waals surface area contributed by atoms with E-state index in [0.717, 1.165) is 0 Å². The number of fused-ring (bicyclic) bond motifs is 1. The minimum absolute atomic E-state index is 0.150. The average molecular weight is 284 g/mol. The summed E-state index contributed by atoms with van der Waals surface area (Å²) in [6, 6.07) is 11.2. The number of hydrogen-bond acceptors (Lipinski definition) is 2. The summed E-state index contributed by atoms with van der Waals surface area (Å²) >= 11 is 0. The van der Waals surface area contributed by atoms with Crippen molar-refractivity contribution in [1.82, 2.24) is 9.55 Å². The van der Waals surface area contributed by atoms with Crippen molar-refractivity contribution >= 4 is 17.0 Å². The van der Waals surface area contributed by atoms with Gasteiger partial charge >= 0.3 is 5.97 Å². The number of nitrogens with zero attached hydrogens (tertiary/aromatic N) is 2.